The number of methoxy groups -OCH3 is 1. The number of rotatable bonds is 6. The van der Waals surface area contributed by atoms with Gasteiger partial charge in [0, 0.05) is 13.2 Å². The maximum absolute atomic E-state index is 12.6. The molecule has 0 aliphatic rings. The second kappa shape index (κ2) is 6.30. The molecular formula is C9H19F3N2O. The van der Waals surface area contributed by atoms with Crippen molar-refractivity contribution in [3.8, 4) is 0 Å². The first kappa shape index (κ1) is 14.7. The van der Waals surface area contributed by atoms with E-state index in [0.717, 1.165) is 0 Å². The molecule has 0 fully saturated rings. The molecule has 6 heteroatoms. The Bertz CT molecular complexity index is 175. The largest absolute Gasteiger partial charge is 0.404 e. The van der Waals surface area contributed by atoms with Crippen molar-refractivity contribution in [1.82, 2.24) is 4.90 Å². The van der Waals surface area contributed by atoms with Gasteiger partial charge in [0.25, 0.3) is 0 Å². The number of nitrogens with two attached hydrogens (primary N) is 1. The SMILES string of the molecule is COCC(C)N(C)C(CCN)C(F)(F)F. The van der Waals surface area contributed by atoms with E-state index in [0.29, 0.717) is 0 Å². The minimum Gasteiger partial charge on any atom is -0.383 e. The fourth-order valence-electron chi connectivity index (χ4n) is 1.42. The lowest BCUT2D eigenvalue weighted by Gasteiger charge is -2.33. The van der Waals surface area contributed by atoms with E-state index < -0.39 is 12.2 Å². The molecule has 0 saturated carbocycles. The van der Waals surface area contributed by atoms with Crippen molar-refractivity contribution in [2.45, 2.75) is 31.6 Å². The van der Waals surface area contributed by atoms with Crippen molar-refractivity contribution < 1.29 is 17.9 Å². The monoisotopic (exact) mass is 228 g/mol. The lowest BCUT2D eigenvalue weighted by atomic mass is 10.1. The first-order chi connectivity index (χ1) is 6.84. The Labute approximate surface area is 88.4 Å². The van der Waals surface area contributed by atoms with Gasteiger partial charge in [-0.3, -0.25) is 4.90 Å². The van der Waals surface area contributed by atoms with Crippen LogP contribution >= 0.6 is 0 Å². The van der Waals surface area contributed by atoms with Crippen LogP contribution in [0.3, 0.4) is 0 Å². The van der Waals surface area contributed by atoms with E-state index in [1.807, 2.05) is 0 Å². The van der Waals surface area contributed by atoms with Crippen LogP contribution in [0.4, 0.5) is 13.2 Å². The summed E-state index contributed by atoms with van der Waals surface area (Å²) >= 11 is 0. The van der Waals surface area contributed by atoms with Gasteiger partial charge in [0.2, 0.25) is 0 Å². The lowest BCUT2D eigenvalue weighted by Crippen LogP contribution is -2.49. The third-order valence-corrected chi connectivity index (χ3v) is 2.41. The topological polar surface area (TPSA) is 38.5 Å². The Kier molecular flexibility index (Phi) is 6.16. The van der Waals surface area contributed by atoms with Crippen LogP contribution in [0.25, 0.3) is 0 Å². The average molecular weight is 228 g/mol. The fraction of sp³-hybridized carbons (Fsp3) is 1.00. The molecule has 2 atom stereocenters. The second-order valence-electron chi connectivity index (χ2n) is 3.60. The van der Waals surface area contributed by atoms with Gasteiger partial charge in [-0.1, -0.05) is 0 Å². The minimum absolute atomic E-state index is 0.0220. The summed E-state index contributed by atoms with van der Waals surface area (Å²) in [7, 11) is 2.91. The zero-order valence-electron chi connectivity index (χ0n) is 9.34. The van der Waals surface area contributed by atoms with Gasteiger partial charge in [0.15, 0.2) is 0 Å². The molecule has 2 N–H and O–H groups in total. The molecule has 0 aromatic rings. The normalized spacial score (nSPS) is 16.8. The zero-order chi connectivity index (χ0) is 12.1. The van der Waals surface area contributed by atoms with Crippen LogP contribution in [-0.2, 0) is 4.74 Å². The molecule has 2 unspecified atom stereocenters. The average Bonchev–Trinajstić information content (AvgIpc) is 2.11. The number of hydrogen-bond donors (Lipinski definition) is 1. The summed E-state index contributed by atoms with van der Waals surface area (Å²) in [6, 6.07) is -1.78. The third kappa shape index (κ3) is 4.81. The Morgan fingerprint density at radius 2 is 1.93 bits per heavy atom. The number of halogens is 3. The second-order valence-corrected chi connectivity index (χ2v) is 3.60. The molecule has 0 rings (SSSR count). The van der Waals surface area contributed by atoms with Gasteiger partial charge >= 0.3 is 6.18 Å². The Morgan fingerprint density at radius 1 is 1.40 bits per heavy atom. The fourth-order valence-corrected chi connectivity index (χ4v) is 1.42. The molecule has 92 valence electrons. The summed E-state index contributed by atoms with van der Waals surface area (Å²) in [6.45, 7) is 1.99. The lowest BCUT2D eigenvalue weighted by molar-refractivity contribution is -0.188. The summed E-state index contributed by atoms with van der Waals surface area (Å²) in [5.74, 6) is 0. The summed E-state index contributed by atoms with van der Waals surface area (Å²) < 4.78 is 42.7. The van der Waals surface area contributed by atoms with E-state index >= 15 is 0 Å². The predicted octanol–water partition coefficient (Wildman–Crippen LogP) is 1.23. The van der Waals surface area contributed by atoms with Crippen LogP contribution in [0.2, 0.25) is 0 Å². The van der Waals surface area contributed by atoms with Gasteiger partial charge in [0.1, 0.15) is 6.04 Å². The van der Waals surface area contributed by atoms with E-state index in [4.69, 9.17) is 10.5 Å². The molecule has 0 aliphatic carbocycles. The summed E-state index contributed by atoms with van der Waals surface area (Å²) in [5, 5.41) is 0. The minimum atomic E-state index is -4.24. The van der Waals surface area contributed by atoms with Gasteiger partial charge in [-0.05, 0) is 26.9 Å². The van der Waals surface area contributed by atoms with Gasteiger partial charge < -0.3 is 10.5 Å². The predicted molar refractivity (Wildman–Crippen MR) is 52.6 cm³/mol. The first-order valence-corrected chi connectivity index (χ1v) is 4.82. The Hall–Kier alpha value is -0.330. The van der Waals surface area contributed by atoms with E-state index in [1.54, 1.807) is 6.92 Å². The standard InChI is InChI=1S/C9H19F3N2O/c1-7(6-15-3)14(2)8(4-5-13)9(10,11)12/h7-8H,4-6,13H2,1-3H3. The van der Waals surface area contributed by atoms with Gasteiger partial charge in [-0.25, -0.2) is 0 Å². The Morgan fingerprint density at radius 3 is 2.27 bits per heavy atom. The van der Waals surface area contributed by atoms with E-state index in [-0.39, 0.29) is 25.6 Å². The number of hydrogen-bond acceptors (Lipinski definition) is 3. The molecule has 0 aromatic heterocycles. The molecule has 0 heterocycles. The molecule has 0 saturated heterocycles. The van der Waals surface area contributed by atoms with Crippen LogP contribution in [0.15, 0.2) is 0 Å². The van der Waals surface area contributed by atoms with E-state index in [9.17, 15) is 13.2 Å². The van der Waals surface area contributed by atoms with Gasteiger partial charge in [0.05, 0.1) is 6.61 Å². The number of nitrogens with zero attached hydrogens (tertiary/aromatic N) is 1. The van der Waals surface area contributed by atoms with Crippen molar-refractivity contribution in [1.29, 1.82) is 0 Å². The highest BCUT2D eigenvalue weighted by Gasteiger charge is 2.42. The smallest absolute Gasteiger partial charge is 0.383 e. The molecule has 3 nitrogen and oxygen atoms in total. The summed E-state index contributed by atoms with van der Waals surface area (Å²) in [6.07, 6.45) is -4.33. The maximum atomic E-state index is 12.6. The Balaban J connectivity index is 4.47. The molecule has 0 bridgehead atoms. The molecule has 0 radical (unpaired) electrons. The van der Waals surface area contributed by atoms with Crippen molar-refractivity contribution >= 4 is 0 Å². The highest BCUT2D eigenvalue weighted by molar-refractivity contribution is 4.80. The highest BCUT2D eigenvalue weighted by atomic mass is 19.4. The zero-order valence-corrected chi connectivity index (χ0v) is 9.34. The first-order valence-electron chi connectivity index (χ1n) is 4.82. The number of ether oxygens (including phenoxy) is 1. The number of alkyl halides is 3. The van der Waals surface area contributed by atoms with Gasteiger partial charge in [-0.2, -0.15) is 13.2 Å². The molecule has 0 aromatic carbocycles. The molecular weight excluding hydrogens is 209 g/mol. The van der Waals surface area contributed by atoms with Crippen molar-refractivity contribution in [2.75, 3.05) is 27.3 Å². The highest BCUT2D eigenvalue weighted by Crippen LogP contribution is 2.27. The van der Waals surface area contributed by atoms with Crippen molar-refractivity contribution in [3.63, 3.8) is 0 Å². The van der Waals surface area contributed by atoms with E-state index in [1.165, 1.54) is 19.1 Å². The van der Waals surface area contributed by atoms with Gasteiger partial charge in [-0.15, -0.1) is 0 Å². The van der Waals surface area contributed by atoms with Crippen LogP contribution < -0.4 is 5.73 Å². The molecule has 15 heavy (non-hydrogen) atoms. The maximum Gasteiger partial charge on any atom is 0.404 e. The molecule has 0 aliphatic heterocycles. The molecule has 0 spiro atoms. The van der Waals surface area contributed by atoms with Crippen LogP contribution in [0, 0.1) is 0 Å². The van der Waals surface area contributed by atoms with Crippen LogP contribution in [0.5, 0.6) is 0 Å². The van der Waals surface area contributed by atoms with Crippen molar-refractivity contribution in [2.24, 2.45) is 5.73 Å². The third-order valence-electron chi connectivity index (χ3n) is 2.41. The van der Waals surface area contributed by atoms with Crippen LogP contribution in [-0.4, -0.2) is 50.5 Å². The van der Waals surface area contributed by atoms with E-state index in [2.05, 4.69) is 0 Å². The summed E-state index contributed by atoms with van der Waals surface area (Å²) in [4.78, 5) is 1.26. The van der Waals surface area contributed by atoms with Crippen molar-refractivity contribution in [3.05, 3.63) is 0 Å². The van der Waals surface area contributed by atoms with Crippen LogP contribution in [0.1, 0.15) is 13.3 Å². The number of likely N-dealkylation sites (N-methyl/N-ethyl adjacent to an activating group) is 1. The summed E-state index contributed by atoms with van der Waals surface area (Å²) in [5.41, 5.74) is 5.18. The molecule has 0 amide bonds. The quantitative estimate of drug-likeness (QED) is 0.743.